The van der Waals surface area contributed by atoms with Gasteiger partial charge in [-0.2, -0.15) is 0 Å². The van der Waals surface area contributed by atoms with E-state index < -0.39 is 0 Å². The predicted molar refractivity (Wildman–Crippen MR) is 128 cm³/mol. The molecule has 1 unspecified atom stereocenters. The van der Waals surface area contributed by atoms with E-state index in [1.807, 2.05) is 61.2 Å². The van der Waals surface area contributed by atoms with Gasteiger partial charge >= 0.3 is 0 Å². The quantitative estimate of drug-likeness (QED) is 0.290. The van der Waals surface area contributed by atoms with Gasteiger partial charge in [0.25, 0.3) is 5.56 Å². The molecule has 1 aromatic heterocycles. The molecule has 1 aliphatic rings. The van der Waals surface area contributed by atoms with E-state index in [4.69, 9.17) is 9.72 Å². The zero-order valence-electron chi connectivity index (χ0n) is 16.8. The second kappa shape index (κ2) is 9.07. The van der Waals surface area contributed by atoms with Gasteiger partial charge in [-0.05, 0) is 72.3 Å². The Hall–Kier alpha value is -1.91. The number of amides is 1. The van der Waals surface area contributed by atoms with Crippen LogP contribution in [0.1, 0.15) is 12.5 Å². The van der Waals surface area contributed by atoms with Crippen molar-refractivity contribution in [3.05, 3.63) is 62.0 Å². The highest BCUT2D eigenvalue weighted by molar-refractivity contribution is 14.1. The van der Waals surface area contributed by atoms with Gasteiger partial charge in [0.2, 0.25) is 5.91 Å². The predicted octanol–water partition coefficient (Wildman–Crippen LogP) is 3.64. The van der Waals surface area contributed by atoms with Gasteiger partial charge in [-0.3, -0.25) is 14.2 Å². The largest absolute Gasteiger partial charge is 0.378 e. The average molecular weight is 535 g/mol. The molecule has 0 bridgehead atoms. The van der Waals surface area contributed by atoms with Crippen LogP contribution in [0.15, 0.2) is 52.4 Å². The van der Waals surface area contributed by atoms with E-state index in [1.165, 1.54) is 11.8 Å². The van der Waals surface area contributed by atoms with Crippen LogP contribution >= 0.6 is 34.4 Å². The molecule has 1 aliphatic heterocycles. The zero-order valence-corrected chi connectivity index (χ0v) is 19.8. The van der Waals surface area contributed by atoms with Crippen LogP contribution in [0, 0.1) is 10.5 Å². The summed E-state index contributed by atoms with van der Waals surface area (Å²) in [6, 6.07) is 13.4. The van der Waals surface area contributed by atoms with Gasteiger partial charge in [0.15, 0.2) is 5.16 Å². The van der Waals surface area contributed by atoms with E-state index in [0.717, 1.165) is 14.8 Å². The lowest BCUT2D eigenvalue weighted by molar-refractivity contribution is -0.134. The van der Waals surface area contributed by atoms with Crippen LogP contribution in [0.3, 0.4) is 0 Å². The molecule has 0 radical (unpaired) electrons. The van der Waals surface area contributed by atoms with Crippen LogP contribution in [-0.2, 0) is 9.53 Å². The van der Waals surface area contributed by atoms with E-state index in [0.29, 0.717) is 42.4 Å². The third-order valence-corrected chi connectivity index (χ3v) is 6.72. The van der Waals surface area contributed by atoms with Crippen molar-refractivity contribution in [2.45, 2.75) is 24.3 Å². The fourth-order valence-electron chi connectivity index (χ4n) is 3.46. The van der Waals surface area contributed by atoms with Gasteiger partial charge in [-0.25, -0.2) is 4.98 Å². The molecule has 0 aliphatic carbocycles. The minimum Gasteiger partial charge on any atom is -0.378 e. The number of thioether (sulfide) groups is 1. The lowest BCUT2D eigenvalue weighted by atomic mass is 10.2. The highest BCUT2D eigenvalue weighted by atomic mass is 127. The lowest BCUT2D eigenvalue weighted by Crippen LogP contribution is -2.44. The lowest BCUT2D eigenvalue weighted by Gasteiger charge is -2.29. The first-order chi connectivity index (χ1) is 14.4. The van der Waals surface area contributed by atoms with Crippen LogP contribution in [0.2, 0.25) is 0 Å². The molecular formula is C22H22IN3O3S. The molecule has 0 saturated carbocycles. The molecule has 1 saturated heterocycles. The number of halogens is 1. The van der Waals surface area contributed by atoms with Crippen molar-refractivity contribution >= 4 is 51.2 Å². The van der Waals surface area contributed by atoms with Crippen molar-refractivity contribution in [2.24, 2.45) is 0 Å². The Kier molecular flexibility index (Phi) is 6.45. The Bertz CT molecular complexity index is 1160. The van der Waals surface area contributed by atoms with Crippen LogP contribution in [0.25, 0.3) is 16.6 Å². The summed E-state index contributed by atoms with van der Waals surface area (Å²) in [6.07, 6.45) is 0. The highest BCUT2D eigenvalue weighted by Gasteiger charge is 2.25. The fourth-order valence-corrected chi connectivity index (χ4v) is 4.96. The molecule has 2 heterocycles. The number of morpholine rings is 1. The van der Waals surface area contributed by atoms with Crippen molar-refractivity contribution in [2.75, 3.05) is 26.3 Å². The third kappa shape index (κ3) is 4.40. The van der Waals surface area contributed by atoms with Crippen molar-refractivity contribution in [3.63, 3.8) is 0 Å². The Balaban J connectivity index is 1.79. The number of carbonyl (C=O) groups is 1. The number of hydrogen-bond donors (Lipinski definition) is 0. The standard InChI is InChI=1S/C22H22IN3O3S/c1-14-4-3-5-17(12-14)26-21(28)18-13-16(23)6-7-19(18)24-22(26)30-15(2)20(27)25-8-10-29-11-9-25/h3-7,12-13,15H,8-11H2,1-2H3. The van der Waals surface area contributed by atoms with E-state index >= 15 is 0 Å². The Labute approximate surface area is 192 Å². The molecule has 1 atom stereocenters. The van der Waals surface area contributed by atoms with Gasteiger partial charge in [0, 0.05) is 16.7 Å². The summed E-state index contributed by atoms with van der Waals surface area (Å²) in [5.41, 5.74) is 2.31. The Morgan fingerprint density at radius 3 is 2.70 bits per heavy atom. The molecular weight excluding hydrogens is 513 g/mol. The van der Waals surface area contributed by atoms with E-state index in [9.17, 15) is 9.59 Å². The number of hydrogen-bond acceptors (Lipinski definition) is 5. The molecule has 6 nitrogen and oxygen atoms in total. The maximum atomic E-state index is 13.5. The molecule has 3 aromatic rings. The summed E-state index contributed by atoms with van der Waals surface area (Å²) < 4.78 is 7.95. The topological polar surface area (TPSA) is 64.4 Å². The summed E-state index contributed by atoms with van der Waals surface area (Å²) >= 11 is 3.52. The van der Waals surface area contributed by atoms with Gasteiger partial charge in [-0.1, -0.05) is 23.9 Å². The van der Waals surface area contributed by atoms with Gasteiger partial charge in [0.05, 0.1) is 35.1 Å². The van der Waals surface area contributed by atoms with Crippen LogP contribution in [-0.4, -0.2) is 51.9 Å². The molecule has 1 fully saturated rings. The first kappa shape index (κ1) is 21.3. The maximum absolute atomic E-state index is 13.5. The molecule has 1 amide bonds. The summed E-state index contributed by atoms with van der Waals surface area (Å²) in [5.74, 6) is 0.0380. The maximum Gasteiger partial charge on any atom is 0.266 e. The first-order valence-electron chi connectivity index (χ1n) is 9.76. The number of rotatable bonds is 4. The second-order valence-corrected chi connectivity index (χ2v) is 9.79. The number of aromatic nitrogens is 2. The molecule has 4 rings (SSSR count). The SMILES string of the molecule is Cc1cccc(-n2c(SC(C)C(=O)N3CCOCC3)nc3ccc(I)cc3c2=O)c1. The van der Waals surface area contributed by atoms with Crippen molar-refractivity contribution in [1.82, 2.24) is 14.5 Å². The van der Waals surface area contributed by atoms with Crippen molar-refractivity contribution in [1.29, 1.82) is 0 Å². The highest BCUT2D eigenvalue weighted by Crippen LogP contribution is 2.27. The van der Waals surface area contributed by atoms with Gasteiger partial charge < -0.3 is 9.64 Å². The summed E-state index contributed by atoms with van der Waals surface area (Å²) in [7, 11) is 0. The number of nitrogens with zero attached hydrogens (tertiary/aromatic N) is 3. The van der Waals surface area contributed by atoms with E-state index in [1.54, 1.807) is 4.57 Å². The van der Waals surface area contributed by atoms with Crippen LogP contribution in [0.4, 0.5) is 0 Å². The normalized spacial score (nSPS) is 15.4. The molecule has 156 valence electrons. The third-order valence-electron chi connectivity index (χ3n) is 5.01. The van der Waals surface area contributed by atoms with Crippen molar-refractivity contribution in [3.8, 4) is 5.69 Å². The van der Waals surface area contributed by atoms with E-state index in [2.05, 4.69) is 22.6 Å². The smallest absolute Gasteiger partial charge is 0.266 e. The first-order valence-corrected chi connectivity index (χ1v) is 11.7. The van der Waals surface area contributed by atoms with Crippen LogP contribution in [0.5, 0.6) is 0 Å². The summed E-state index contributed by atoms with van der Waals surface area (Å²) in [5, 5.41) is 0.723. The summed E-state index contributed by atoms with van der Waals surface area (Å²) in [6.45, 7) is 6.17. The zero-order chi connectivity index (χ0) is 21.3. The number of carbonyl (C=O) groups excluding carboxylic acids is 1. The van der Waals surface area contributed by atoms with Gasteiger partial charge in [-0.15, -0.1) is 0 Å². The number of ether oxygens (including phenoxy) is 1. The monoisotopic (exact) mass is 535 g/mol. The average Bonchev–Trinajstić information content (AvgIpc) is 2.74. The molecule has 30 heavy (non-hydrogen) atoms. The van der Waals surface area contributed by atoms with Crippen LogP contribution < -0.4 is 5.56 Å². The minimum absolute atomic E-state index is 0.0380. The van der Waals surface area contributed by atoms with Gasteiger partial charge in [0.1, 0.15) is 0 Å². The molecule has 2 aromatic carbocycles. The number of benzene rings is 2. The fraction of sp³-hybridized carbons (Fsp3) is 0.318. The Morgan fingerprint density at radius 2 is 1.97 bits per heavy atom. The molecule has 8 heteroatoms. The second-order valence-electron chi connectivity index (χ2n) is 7.23. The molecule has 0 N–H and O–H groups in total. The Morgan fingerprint density at radius 1 is 1.20 bits per heavy atom. The van der Waals surface area contributed by atoms with Crippen molar-refractivity contribution < 1.29 is 9.53 Å². The molecule has 0 spiro atoms. The number of aryl methyl sites for hydroxylation is 1. The van der Waals surface area contributed by atoms with E-state index in [-0.39, 0.29) is 16.7 Å². The summed E-state index contributed by atoms with van der Waals surface area (Å²) in [4.78, 5) is 33.0. The minimum atomic E-state index is -0.368. The number of fused-ring (bicyclic) bond motifs is 1.